The van der Waals surface area contributed by atoms with Crippen molar-refractivity contribution in [1.29, 1.82) is 0 Å². The zero-order valence-electron chi connectivity index (χ0n) is 15.1. The molecule has 2 aromatic carbocycles. The molecule has 0 fully saturated rings. The Morgan fingerprint density at radius 3 is 2.50 bits per heavy atom. The van der Waals surface area contributed by atoms with Gasteiger partial charge in [0, 0.05) is 29.9 Å². The van der Waals surface area contributed by atoms with Crippen LogP contribution < -0.4 is 10.2 Å². The van der Waals surface area contributed by atoms with Gasteiger partial charge in [-0.2, -0.15) is 0 Å². The molecule has 1 N–H and O–H groups in total. The fourth-order valence-electron chi connectivity index (χ4n) is 3.06. The lowest BCUT2D eigenvalue weighted by Crippen LogP contribution is -2.29. The highest BCUT2D eigenvalue weighted by Gasteiger charge is 2.26. The summed E-state index contributed by atoms with van der Waals surface area (Å²) in [6.45, 7) is 5.41. The van der Waals surface area contributed by atoms with E-state index in [0.717, 1.165) is 24.1 Å². The Bertz CT molecular complexity index is 815. The number of nitrogens with one attached hydrogen (secondary N) is 1. The van der Waals surface area contributed by atoms with Crippen LogP contribution in [0.2, 0.25) is 0 Å². The molecule has 26 heavy (non-hydrogen) atoms. The molecule has 0 aromatic heterocycles. The van der Waals surface area contributed by atoms with Crippen LogP contribution in [0.3, 0.4) is 0 Å². The zero-order valence-corrected chi connectivity index (χ0v) is 15.1. The number of benzene rings is 2. The van der Waals surface area contributed by atoms with Gasteiger partial charge in [-0.3, -0.25) is 9.59 Å². The Morgan fingerprint density at radius 2 is 1.81 bits per heavy atom. The molecule has 2 aromatic rings. The average molecular weight is 354 g/mol. The summed E-state index contributed by atoms with van der Waals surface area (Å²) in [5.74, 6) is -0.154. The number of fused-ring (bicyclic) bond motifs is 1. The fraction of sp³-hybridized carbons (Fsp3) is 0.333. The van der Waals surface area contributed by atoms with E-state index in [-0.39, 0.29) is 17.6 Å². The number of carbonyl (C=O) groups is 2. The molecule has 136 valence electrons. The van der Waals surface area contributed by atoms with Gasteiger partial charge >= 0.3 is 0 Å². The van der Waals surface area contributed by atoms with Gasteiger partial charge in [-0.15, -0.1) is 0 Å². The van der Waals surface area contributed by atoms with E-state index >= 15 is 0 Å². The Hall–Kier alpha value is -2.69. The van der Waals surface area contributed by atoms with Crippen molar-refractivity contribution in [2.75, 3.05) is 18.0 Å². The normalized spacial score (nSPS) is 13.0. The van der Waals surface area contributed by atoms with Gasteiger partial charge in [-0.25, -0.2) is 4.39 Å². The number of carbonyl (C=O) groups excluding carboxylic acids is 2. The number of amides is 2. The Labute approximate surface area is 153 Å². The first-order valence-electron chi connectivity index (χ1n) is 8.94. The molecule has 0 spiro atoms. The summed E-state index contributed by atoms with van der Waals surface area (Å²) in [5.41, 5.74) is 2.78. The molecular weight excluding hydrogens is 331 g/mol. The second-order valence-corrected chi connectivity index (χ2v) is 7.00. The van der Waals surface area contributed by atoms with Crippen molar-refractivity contribution in [1.82, 2.24) is 5.32 Å². The van der Waals surface area contributed by atoms with Gasteiger partial charge in [0.15, 0.2) is 0 Å². The van der Waals surface area contributed by atoms with Crippen molar-refractivity contribution >= 4 is 17.5 Å². The Kier molecular flexibility index (Phi) is 5.35. The third-order valence-corrected chi connectivity index (χ3v) is 4.59. The summed E-state index contributed by atoms with van der Waals surface area (Å²) in [6, 6.07) is 11.0. The summed E-state index contributed by atoms with van der Waals surface area (Å²) < 4.78 is 13.1. The van der Waals surface area contributed by atoms with E-state index in [1.165, 1.54) is 24.3 Å². The highest BCUT2D eigenvalue weighted by molar-refractivity contribution is 6.08. The minimum absolute atomic E-state index is 0.130. The van der Waals surface area contributed by atoms with Gasteiger partial charge in [-0.1, -0.05) is 19.9 Å². The van der Waals surface area contributed by atoms with Gasteiger partial charge in [-0.05, 0) is 60.7 Å². The molecular formula is C21H23FN2O2. The van der Waals surface area contributed by atoms with Crippen LogP contribution in [0.15, 0.2) is 42.5 Å². The molecule has 2 amide bonds. The van der Waals surface area contributed by atoms with E-state index < -0.39 is 0 Å². The fourth-order valence-corrected chi connectivity index (χ4v) is 3.06. The van der Waals surface area contributed by atoms with Gasteiger partial charge in [0.2, 0.25) is 0 Å². The third-order valence-electron chi connectivity index (χ3n) is 4.59. The first-order valence-corrected chi connectivity index (χ1v) is 8.94. The van der Waals surface area contributed by atoms with E-state index in [1.54, 1.807) is 17.0 Å². The Morgan fingerprint density at radius 1 is 1.12 bits per heavy atom. The van der Waals surface area contributed by atoms with Crippen LogP contribution in [-0.2, 0) is 6.42 Å². The number of rotatable bonds is 5. The van der Waals surface area contributed by atoms with E-state index in [4.69, 9.17) is 0 Å². The van der Waals surface area contributed by atoms with Crippen molar-refractivity contribution < 1.29 is 14.0 Å². The molecule has 0 saturated carbocycles. The topological polar surface area (TPSA) is 49.4 Å². The molecule has 1 heterocycles. The largest absolute Gasteiger partial charge is 0.352 e. The number of hydrogen-bond acceptors (Lipinski definition) is 2. The molecule has 0 saturated heterocycles. The van der Waals surface area contributed by atoms with Gasteiger partial charge in [0.05, 0.1) is 0 Å². The molecule has 1 aliphatic rings. The average Bonchev–Trinajstić information content (AvgIpc) is 3.04. The molecule has 0 bridgehead atoms. The predicted molar refractivity (Wildman–Crippen MR) is 100 cm³/mol. The van der Waals surface area contributed by atoms with Crippen molar-refractivity contribution in [3.05, 3.63) is 65.0 Å². The lowest BCUT2D eigenvalue weighted by molar-refractivity contribution is 0.0949. The highest BCUT2D eigenvalue weighted by Crippen LogP contribution is 2.30. The monoisotopic (exact) mass is 354 g/mol. The first-order chi connectivity index (χ1) is 12.5. The van der Waals surface area contributed by atoms with Crippen molar-refractivity contribution in [3.8, 4) is 0 Å². The smallest absolute Gasteiger partial charge is 0.258 e. The van der Waals surface area contributed by atoms with Crippen molar-refractivity contribution in [3.63, 3.8) is 0 Å². The van der Waals surface area contributed by atoms with Crippen LogP contribution >= 0.6 is 0 Å². The third kappa shape index (κ3) is 3.93. The van der Waals surface area contributed by atoms with E-state index in [9.17, 15) is 14.0 Å². The van der Waals surface area contributed by atoms with Crippen LogP contribution in [-0.4, -0.2) is 24.9 Å². The number of hydrogen-bond donors (Lipinski definition) is 1. The minimum atomic E-state index is -0.372. The van der Waals surface area contributed by atoms with E-state index in [0.29, 0.717) is 30.1 Å². The molecule has 5 heteroatoms. The second-order valence-electron chi connectivity index (χ2n) is 7.00. The SMILES string of the molecule is CC(C)CCNC(=O)c1ccc2c(c1)N(C(=O)c1ccc(F)cc1)CC2. The maximum atomic E-state index is 13.1. The van der Waals surface area contributed by atoms with Crippen LogP contribution in [0.4, 0.5) is 10.1 Å². The van der Waals surface area contributed by atoms with E-state index in [2.05, 4.69) is 19.2 Å². The number of anilines is 1. The molecule has 0 radical (unpaired) electrons. The minimum Gasteiger partial charge on any atom is -0.352 e. The van der Waals surface area contributed by atoms with Crippen LogP contribution in [0, 0.1) is 11.7 Å². The molecule has 0 atom stereocenters. The molecule has 0 aliphatic carbocycles. The molecule has 4 nitrogen and oxygen atoms in total. The zero-order chi connectivity index (χ0) is 18.7. The summed E-state index contributed by atoms with van der Waals surface area (Å²) in [4.78, 5) is 26.8. The van der Waals surface area contributed by atoms with Crippen LogP contribution in [0.25, 0.3) is 0 Å². The van der Waals surface area contributed by atoms with Crippen LogP contribution in [0.5, 0.6) is 0 Å². The standard InChI is InChI=1S/C21H23FN2O2/c1-14(2)9-11-23-20(25)17-4-3-15-10-12-24(19(15)13-17)21(26)16-5-7-18(22)8-6-16/h3-8,13-14H,9-12H2,1-2H3,(H,23,25). The number of nitrogens with zero attached hydrogens (tertiary/aromatic N) is 1. The molecule has 1 aliphatic heterocycles. The van der Waals surface area contributed by atoms with Crippen LogP contribution in [0.1, 0.15) is 46.5 Å². The quantitative estimate of drug-likeness (QED) is 0.888. The molecule has 0 unspecified atom stereocenters. The second kappa shape index (κ2) is 7.68. The summed E-state index contributed by atoms with van der Waals surface area (Å²) >= 11 is 0. The van der Waals surface area contributed by atoms with E-state index in [1.807, 2.05) is 6.07 Å². The maximum absolute atomic E-state index is 13.1. The first kappa shape index (κ1) is 18.1. The van der Waals surface area contributed by atoms with Gasteiger partial charge in [0.25, 0.3) is 11.8 Å². The Balaban J connectivity index is 1.77. The lowest BCUT2D eigenvalue weighted by Gasteiger charge is -2.18. The van der Waals surface area contributed by atoms with Crippen molar-refractivity contribution in [2.45, 2.75) is 26.7 Å². The summed E-state index contributed by atoms with van der Waals surface area (Å²) in [5, 5.41) is 2.92. The summed E-state index contributed by atoms with van der Waals surface area (Å²) in [7, 11) is 0. The lowest BCUT2D eigenvalue weighted by atomic mass is 10.1. The maximum Gasteiger partial charge on any atom is 0.258 e. The number of halogens is 1. The highest BCUT2D eigenvalue weighted by atomic mass is 19.1. The summed E-state index contributed by atoms with van der Waals surface area (Å²) in [6.07, 6.45) is 1.67. The van der Waals surface area contributed by atoms with Gasteiger partial charge < -0.3 is 10.2 Å². The van der Waals surface area contributed by atoms with Gasteiger partial charge in [0.1, 0.15) is 5.82 Å². The predicted octanol–water partition coefficient (Wildman–Crippen LogP) is 3.80. The van der Waals surface area contributed by atoms with Crippen molar-refractivity contribution in [2.24, 2.45) is 5.92 Å². The molecule has 3 rings (SSSR count).